The van der Waals surface area contributed by atoms with Crippen molar-refractivity contribution in [3.8, 4) is 0 Å². The molecule has 0 nitrogen and oxygen atoms in total. The number of hydrogen-bond acceptors (Lipinski definition) is 0. The van der Waals surface area contributed by atoms with Crippen LogP contribution >= 0.6 is 23.2 Å². The fraction of sp³-hybridized carbons (Fsp3) is 0.500. The largest absolute Gasteiger partial charge is 0.118 e. The molecule has 30 valence electrons. The first-order valence-electron chi connectivity index (χ1n) is 1.88. The minimum absolute atomic E-state index is 0.00849. The summed E-state index contributed by atoms with van der Waals surface area (Å²) >= 11 is 11.4. The molecule has 2 saturated carbocycles. The van der Waals surface area contributed by atoms with Gasteiger partial charge < -0.3 is 0 Å². The van der Waals surface area contributed by atoms with E-state index in [-0.39, 0.29) is 9.75 Å². The van der Waals surface area contributed by atoms with Gasteiger partial charge in [0.25, 0.3) is 0 Å². The summed E-state index contributed by atoms with van der Waals surface area (Å²) < 4.78 is 0. The second kappa shape index (κ2) is 0.296. The van der Waals surface area contributed by atoms with Gasteiger partial charge in [-0.3, -0.25) is 0 Å². The highest BCUT2D eigenvalue weighted by Crippen LogP contribution is 3.05. The van der Waals surface area contributed by atoms with E-state index < -0.39 is 0 Å². The van der Waals surface area contributed by atoms with Crippen LogP contribution in [-0.2, 0) is 0 Å². The average Bonchev–Trinajstić information content (AvgIpc) is 2.24. The van der Waals surface area contributed by atoms with Crippen LogP contribution in [0.15, 0.2) is 11.1 Å². The summed E-state index contributed by atoms with van der Waals surface area (Å²) in [5.74, 6) is 0. The molecule has 0 saturated heterocycles. The highest BCUT2D eigenvalue weighted by molar-refractivity contribution is 6.65. The van der Waals surface area contributed by atoms with Gasteiger partial charge in [-0.1, -0.05) is 0 Å². The Balaban J connectivity index is 2.44. The predicted octanol–water partition coefficient (Wildman–Crippen LogP) is 1.28. The van der Waals surface area contributed by atoms with Crippen molar-refractivity contribution in [2.75, 3.05) is 0 Å². The molecule has 0 atom stereocenters. The van der Waals surface area contributed by atoms with Crippen molar-refractivity contribution in [1.29, 1.82) is 0 Å². The lowest BCUT2D eigenvalue weighted by molar-refractivity contribution is 1.50. The first-order chi connectivity index (χ1) is 2.74. The summed E-state index contributed by atoms with van der Waals surface area (Å²) in [5, 5.41) is 0. The Bertz CT molecular complexity index is 168. The summed E-state index contributed by atoms with van der Waals surface area (Å²) in [5.41, 5.74) is 2.66. The van der Waals surface area contributed by atoms with Gasteiger partial charge >= 0.3 is 0 Å². The number of alkyl halides is 2. The van der Waals surface area contributed by atoms with Gasteiger partial charge in [-0.15, -0.1) is 23.2 Å². The topological polar surface area (TPSA) is 0 Å². The van der Waals surface area contributed by atoms with E-state index in [1.54, 1.807) is 0 Å². The standard InChI is InChI=1S/C4Cl2/c5-3-1-2(3)4(1,3)6. The maximum Gasteiger partial charge on any atom is 0.118 e. The van der Waals surface area contributed by atoms with Crippen molar-refractivity contribution >= 4 is 23.2 Å². The lowest BCUT2D eigenvalue weighted by atomic mass is 10.8. The molecule has 4 aliphatic rings. The monoisotopic (exact) mass is 118 g/mol. The van der Waals surface area contributed by atoms with Crippen LogP contribution in [0.4, 0.5) is 0 Å². The molecule has 0 aliphatic heterocycles. The van der Waals surface area contributed by atoms with E-state index in [9.17, 15) is 0 Å². The highest BCUT2D eigenvalue weighted by atomic mass is 35.5. The Morgan fingerprint density at radius 2 is 1.17 bits per heavy atom. The van der Waals surface area contributed by atoms with Gasteiger partial charge in [-0.25, -0.2) is 0 Å². The molecule has 0 aromatic heterocycles. The van der Waals surface area contributed by atoms with Gasteiger partial charge in [0, 0.05) is 0 Å². The fourth-order valence-electron chi connectivity index (χ4n) is 1.02. The molecule has 0 N–H and O–H groups in total. The molecule has 0 unspecified atom stereocenters. The van der Waals surface area contributed by atoms with Crippen molar-refractivity contribution in [3.63, 3.8) is 0 Å². The number of rotatable bonds is 0. The summed E-state index contributed by atoms with van der Waals surface area (Å²) in [6.07, 6.45) is 0. The van der Waals surface area contributed by atoms with E-state index in [0.29, 0.717) is 0 Å². The number of allylic oxidation sites excluding steroid dienone is 2. The molecule has 2 fully saturated rings. The van der Waals surface area contributed by atoms with Crippen LogP contribution in [0.5, 0.6) is 0 Å². The Morgan fingerprint density at radius 3 is 1.17 bits per heavy atom. The second-order valence-electron chi connectivity index (χ2n) is 2.07. The molecule has 0 bridgehead atoms. The third kappa shape index (κ3) is 0.0554. The molecule has 0 aromatic carbocycles. The summed E-state index contributed by atoms with van der Waals surface area (Å²) in [7, 11) is 0. The van der Waals surface area contributed by atoms with Crippen LogP contribution in [0.1, 0.15) is 0 Å². The quantitative estimate of drug-likeness (QED) is 0.332. The van der Waals surface area contributed by atoms with Crippen LogP contribution in [0, 0.1) is 0 Å². The molecule has 0 amide bonds. The van der Waals surface area contributed by atoms with Gasteiger partial charge in [0.15, 0.2) is 0 Å². The van der Waals surface area contributed by atoms with E-state index in [0.717, 1.165) is 0 Å². The van der Waals surface area contributed by atoms with Gasteiger partial charge in [-0.2, -0.15) is 0 Å². The number of hydrogen-bond donors (Lipinski definition) is 0. The van der Waals surface area contributed by atoms with Crippen molar-refractivity contribution in [3.05, 3.63) is 11.1 Å². The minimum Gasteiger partial charge on any atom is -0.107 e. The summed E-state index contributed by atoms with van der Waals surface area (Å²) in [6.45, 7) is 0. The zero-order valence-corrected chi connectivity index (χ0v) is 4.27. The van der Waals surface area contributed by atoms with Crippen LogP contribution < -0.4 is 0 Å². The van der Waals surface area contributed by atoms with Crippen molar-refractivity contribution < 1.29 is 0 Å². The number of halogens is 2. The zero-order valence-electron chi connectivity index (χ0n) is 2.76. The van der Waals surface area contributed by atoms with Crippen LogP contribution in [-0.4, -0.2) is 9.75 Å². The molecule has 2 heteroatoms. The van der Waals surface area contributed by atoms with E-state index in [4.69, 9.17) is 23.2 Å². The highest BCUT2D eigenvalue weighted by Gasteiger charge is 3.10. The fourth-order valence-corrected chi connectivity index (χ4v) is 2.16. The minimum atomic E-state index is 0.00849. The Hall–Kier alpha value is 0.320. The molecule has 4 aliphatic carbocycles. The molecule has 0 heterocycles. The van der Waals surface area contributed by atoms with E-state index >= 15 is 0 Å². The van der Waals surface area contributed by atoms with Crippen LogP contribution in [0.3, 0.4) is 0 Å². The van der Waals surface area contributed by atoms with Crippen molar-refractivity contribution in [2.45, 2.75) is 9.75 Å². The van der Waals surface area contributed by atoms with Crippen molar-refractivity contribution in [1.82, 2.24) is 0 Å². The molecular formula is C4Cl2. The van der Waals surface area contributed by atoms with E-state index in [2.05, 4.69) is 0 Å². The zero-order chi connectivity index (χ0) is 4.15. The first kappa shape index (κ1) is 2.58. The molecule has 0 radical (unpaired) electrons. The second-order valence-corrected chi connectivity index (χ2v) is 3.20. The summed E-state index contributed by atoms with van der Waals surface area (Å²) in [4.78, 5) is 0.0170. The molecule has 0 spiro atoms. The maximum atomic E-state index is 5.69. The Morgan fingerprint density at radius 1 is 1.00 bits per heavy atom. The molecule has 6 heavy (non-hydrogen) atoms. The normalized spacial score (nSPS) is 77.0. The van der Waals surface area contributed by atoms with Gasteiger partial charge in [-0.05, 0) is 11.1 Å². The SMILES string of the molecule is ClC12C3=C1C32Cl. The maximum absolute atomic E-state index is 5.69. The average molecular weight is 119 g/mol. The Kier molecular flexibility index (Phi) is 0.127. The predicted molar refractivity (Wildman–Crippen MR) is 24.2 cm³/mol. The Labute approximate surface area is 44.7 Å². The third-order valence-electron chi connectivity index (χ3n) is 1.85. The molecular weight excluding hydrogens is 119 g/mol. The van der Waals surface area contributed by atoms with Crippen molar-refractivity contribution in [2.24, 2.45) is 0 Å². The molecule has 4 rings (SSSR count). The van der Waals surface area contributed by atoms with E-state index in [1.165, 1.54) is 11.1 Å². The lowest BCUT2D eigenvalue weighted by Gasteiger charge is -1.57. The van der Waals surface area contributed by atoms with Crippen LogP contribution in [0.2, 0.25) is 0 Å². The summed E-state index contributed by atoms with van der Waals surface area (Å²) in [6, 6.07) is 0. The van der Waals surface area contributed by atoms with Crippen LogP contribution in [0.25, 0.3) is 0 Å². The molecule has 0 aromatic rings. The van der Waals surface area contributed by atoms with Gasteiger partial charge in [0.1, 0.15) is 9.75 Å². The third-order valence-corrected chi connectivity index (χ3v) is 3.27. The smallest absolute Gasteiger partial charge is 0.107 e. The lowest BCUT2D eigenvalue weighted by Crippen LogP contribution is -1.63. The van der Waals surface area contributed by atoms with E-state index in [1.807, 2.05) is 0 Å². The van der Waals surface area contributed by atoms with Gasteiger partial charge in [0.05, 0.1) is 0 Å². The van der Waals surface area contributed by atoms with Gasteiger partial charge in [0.2, 0.25) is 0 Å². The first-order valence-corrected chi connectivity index (χ1v) is 2.63.